The molecule has 0 aromatic carbocycles. The van der Waals surface area contributed by atoms with E-state index in [9.17, 15) is 0 Å². The molecular weight excluding hydrogens is 218 g/mol. The predicted molar refractivity (Wildman–Crippen MR) is 69.0 cm³/mol. The van der Waals surface area contributed by atoms with Gasteiger partial charge in [0.2, 0.25) is 0 Å². The third-order valence-corrected chi connectivity index (χ3v) is 4.24. The van der Waals surface area contributed by atoms with Gasteiger partial charge in [-0.15, -0.1) is 11.3 Å². The Morgan fingerprint density at radius 1 is 1.38 bits per heavy atom. The molecule has 2 nitrogen and oxygen atoms in total. The first-order chi connectivity index (χ1) is 7.75. The molecule has 0 radical (unpaired) electrons. The van der Waals surface area contributed by atoms with E-state index in [-0.39, 0.29) is 0 Å². The molecule has 1 aliphatic heterocycles. The normalized spacial score (nSPS) is 17.9. The molecule has 90 valence electrons. The Labute approximate surface area is 102 Å². The standard InChI is InChI=1S/C13H21NOS/c1-10-7-13(11(2)16-10)9-14-8-12-3-5-15-6-4-12/h7,12,14H,3-6,8-9H2,1-2H3. The van der Waals surface area contributed by atoms with Gasteiger partial charge in [-0.2, -0.15) is 0 Å². The fourth-order valence-electron chi connectivity index (χ4n) is 2.22. The minimum atomic E-state index is 0.814. The minimum absolute atomic E-state index is 0.814. The predicted octanol–water partition coefficient (Wildman–Crippen LogP) is 2.88. The van der Waals surface area contributed by atoms with Crippen LogP contribution in [0.1, 0.15) is 28.2 Å². The number of aryl methyl sites for hydroxylation is 2. The van der Waals surface area contributed by atoms with Crippen molar-refractivity contribution < 1.29 is 4.74 Å². The summed E-state index contributed by atoms with van der Waals surface area (Å²) in [6.45, 7) is 8.44. The summed E-state index contributed by atoms with van der Waals surface area (Å²) in [6.07, 6.45) is 2.43. The first-order valence-electron chi connectivity index (χ1n) is 6.10. The maximum Gasteiger partial charge on any atom is 0.0469 e. The van der Waals surface area contributed by atoms with Gasteiger partial charge in [0.05, 0.1) is 0 Å². The molecule has 0 amide bonds. The molecule has 1 aromatic rings. The molecular formula is C13H21NOS. The number of hydrogen-bond donors (Lipinski definition) is 1. The van der Waals surface area contributed by atoms with E-state index < -0.39 is 0 Å². The summed E-state index contributed by atoms with van der Waals surface area (Å²) < 4.78 is 5.36. The van der Waals surface area contributed by atoms with Gasteiger partial charge in [-0.1, -0.05) is 0 Å². The topological polar surface area (TPSA) is 21.3 Å². The van der Waals surface area contributed by atoms with Crippen LogP contribution in [-0.4, -0.2) is 19.8 Å². The van der Waals surface area contributed by atoms with Crippen LogP contribution in [-0.2, 0) is 11.3 Å². The van der Waals surface area contributed by atoms with Crippen molar-refractivity contribution in [1.29, 1.82) is 0 Å². The second-order valence-electron chi connectivity index (χ2n) is 4.63. The summed E-state index contributed by atoms with van der Waals surface area (Å²) in [4.78, 5) is 2.87. The molecule has 1 N–H and O–H groups in total. The zero-order valence-corrected chi connectivity index (χ0v) is 11.0. The van der Waals surface area contributed by atoms with Gasteiger partial charge in [-0.05, 0) is 50.8 Å². The van der Waals surface area contributed by atoms with Crippen molar-refractivity contribution in [3.05, 3.63) is 21.4 Å². The van der Waals surface area contributed by atoms with Crippen LogP contribution < -0.4 is 5.32 Å². The molecule has 2 heterocycles. The molecule has 0 unspecified atom stereocenters. The van der Waals surface area contributed by atoms with Crippen molar-refractivity contribution in [3.8, 4) is 0 Å². The summed E-state index contributed by atoms with van der Waals surface area (Å²) in [5.41, 5.74) is 1.47. The lowest BCUT2D eigenvalue weighted by Crippen LogP contribution is -2.27. The molecule has 1 saturated heterocycles. The Kier molecular flexibility index (Phi) is 4.38. The van der Waals surface area contributed by atoms with E-state index in [2.05, 4.69) is 25.2 Å². The lowest BCUT2D eigenvalue weighted by molar-refractivity contribution is 0.0662. The molecule has 2 rings (SSSR count). The second kappa shape index (κ2) is 5.80. The molecule has 1 aliphatic rings. The molecule has 0 spiro atoms. The monoisotopic (exact) mass is 239 g/mol. The van der Waals surface area contributed by atoms with E-state index in [1.165, 1.54) is 28.2 Å². The number of hydrogen-bond acceptors (Lipinski definition) is 3. The highest BCUT2D eigenvalue weighted by Crippen LogP contribution is 2.20. The lowest BCUT2D eigenvalue weighted by Gasteiger charge is -2.22. The van der Waals surface area contributed by atoms with Gasteiger partial charge >= 0.3 is 0 Å². The van der Waals surface area contributed by atoms with E-state index in [0.29, 0.717) is 0 Å². The van der Waals surface area contributed by atoms with Crippen molar-refractivity contribution in [3.63, 3.8) is 0 Å². The van der Waals surface area contributed by atoms with E-state index in [1.807, 2.05) is 11.3 Å². The van der Waals surface area contributed by atoms with Gasteiger partial charge in [0, 0.05) is 29.5 Å². The summed E-state index contributed by atoms with van der Waals surface area (Å²) >= 11 is 1.90. The second-order valence-corrected chi connectivity index (χ2v) is 6.09. The first kappa shape index (κ1) is 12.1. The Hall–Kier alpha value is -0.380. The molecule has 0 aliphatic carbocycles. The van der Waals surface area contributed by atoms with Gasteiger partial charge in [0.1, 0.15) is 0 Å². The number of nitrogens with one attached hydrogen (secondary N) is 1. The fraction of sp³-hybridized carbons (Fsp3) is 0.692. The maximum absolute atomic E-state index is 5.36. The van der Waals surface area contributed by atoms with E-state index >= 15 is 0 Å². The van der Waals surface area contributed by atoms with Crippen LogP contribution in [0.15, 0.2) is 6.07 Å². The summed E-state index contributed by atoms with van der Waals surface area (Å²) in [7, 11) is 0. The maximum atomic E-state index is 5.36. The van der Waals surface area contributed by atoms with Gasteiger partial charge in [0.25, 0.3) is 0 Å². The van der Waals surface area contributed by atoms with Gasteiger partial charge in [-0.25, -0.2) is 0 Å². The molecule has 3 heteroatoms. The molecule has 1 fully saturated rings. The summed E-state index contributed by atoms with van der Waals surface area (Å²) in [5, 5.41) is 3.58. The summed E-state index contributed by atoms with van der Waals surface area (Å²) in [5.74, 6) is 0.814. The zero-order chi connectivity index (χ0) is 11.4. The third kappa shape index (κ3) is 3.30. The third-order valence-electron chi connectivity index (χ3n) is 3.23. The van der Waals surface area contributed by atoms with Crippen LogP contribution >= 0.6 is 11.3 Å². The smallest absolute Gasteiger partial charge is 0.0469 e. The molecule has 1 aromatic heterocycles. The number of thiophene rings is 1. The van der Waals surface area contributed by atoms with Crippen molar-refractivity contribution >= 4 is 11.3 Å². The van der Waals surface area contributed by atoms with Crippen molar-refractivity contribution in [1.82, 2.24) is 5.32 Å². The van der Waals surface area contributed by atoms with Crippen LogP contribution in [0.4, 0.5) is 0 Å². The molecule has 16 heavy (non-hydrogen) atoms. The Morgan fingerprint density at radius 3 is 2.75 bits per heavy atom. The SMILES string of the molecule is Cc1cc(CNCC2CCOCC2)c(C)s1. The number of rotatable bonds is 4. The largest absolute Gasteiger partial charge is 0.381 e. The average Bonchev–Trinajstić information content (AvgIpc) is 2.59. The van der Waals surface area contributed by atoms with Crippen molar-refractivity contribution in [2.75, 3.05) is 19.8 Å². The zero-order valence-electron chi connectivity index (χ0n) is 10.2. The first-order valence-corrected chi connectivity index (χ1v) is 6.91. The van der Waals surface area contributed by atoms with Gasteiger partial charge < -0.3 is 10.1 Å². The Bertz CT molecular complexity index is 329. The molecule has 0 saturated carbocycles. The minimum Gasteiger partial charge on any atom is -0.381 e. The van der Waals surface area contributed by atoms with Crippen LogP contribution in [0.5, 0.6) is 0 Å². The van der Waals surface area contributed by atoms with Crippen LogP contribution in [0.2, 0.25) is 0 Å². The highest BCUT2D eigenvalue weighted by molar-refractivity contribution is 7.12. The van der Waals surface area contributed by atoms with Crippen LogP contribution in [0.25, 0.3) is 0 Å². The van der Waals surface area contributed by atoms with Crippen LogP contribution in [0, 0.1) is 19.8 Å². The number of ether oxygens (including phenoxy) is 1. The summed E-state index contributed by atoms with van der Waals surface area (Å²) in [6, 6.07) is 2.30. The molecule has 0 bridgehead atoms. The highest BCUT2D eigenvalue weighted by Gasteiger charge is 2.13. The highest BCUT2D eigenvalue weighted by atomic mass is 32.1. The Balaban J connectivity index is 1.73. The van der Waals surface area contributed by atoms with Gasteiger partial charge in [-0.3, -0.25) is 0 Å². The van der Waals surface area contributed by atoms with E-state index in [4.69, 9.17) is 4.74 Å². The molecule has 0 atom stereocenters. The Morgan fingerprint density at radius 2 is 2.12 bits per heavy atom. The van der Waals surface area contributed by atoms with Crippen LogP contribution in [0.3, 0.4) is 0 Å². The van der Waals surface area contributed by atoms with E-state index in [1.54, 1.807) is 0 Å². The van der Waals surface area contributed by atoms with E-state index in [0.717, 1.165) is 32.2 Å². The van der Waals surface area contributed by atoms with Crippen molar-refractivity contribution in [2.24, 2.45) is 5.92 Å². The van der Waals surface area contributed by atoms with Crippen molar-refractivity contribution in [2.45, 2.75) is 33.2 Å². The average molecular weight is 239 g/mol. The fourth-order valence-corrected chi connectivity index (χ4v) is 3.17. The van der Waals surface area contributed by atoms with Gasteiger partial charge in [0.15, 0.2) is 0 Å². The lowest BCUT2D eigenvalue weighted by atomic mass is 10.0. The quantitative estimate of drug-likeness (QED) is 0.872.